The Kier molecular flexibility index (Phi) is 8.08. The van der Waals surface area contributed by atoms with Gasteiger partial charge in [0.15, 0.2) is 0 Å². The van der Waals surface area contributed by atoms with Crippen LogP contribution < -0.4 is 5.19 Å². The van der Waals surface area contributed by atoms with Gasteiger partial charge in [0.2, 0.25) is 0 Å². The minimum Gasteiger partial charge on any atom is -0.506 e. The van der Waals surface area contributed by atoms with E-state index in [2.05, 4.69) is 141 Å². The van der Waals surface area contributed by atoms with E-state index in [1.807, 2.05) is 31.2 Å². The molecule has 7 aromatic rings. The van der Waals surface area contributed by atoms with Crippen molar-refractivity contribution in [3.05, 3.63) is 133 Å². The molecule has 7 rings (SSSR count). The van der Waals surface area contributed by atoms with Crippen molar-refractivity contribution in [2.24, 2.45) is 0 Å². The Morgan fingerprint density at radius 2 is 1.35 bits per heavy atom. The smallest absolute Gasteiger partial charge is 0.149 e. The van der Waals surface area contributed by atoms with Crippen LogP contribution in [-0.2, 0) is 5.41 Å². The molecule has 5 nitrogen and oxygen atoms in total. The fourth-order valence-corrected chi connectivity index (χ4v) is 7.99. The van der Waals surface area contributed by atoms with Gasteiger partial charge in [-0.3, -0.25) is 14.5 Å². The molecular formula is C43H42N4OSi. The van der Waals surface area contributed by atoms with Crippen molar-refractivity contribution in [1.82, 2.24) is 19.5 Å². The van der Waals surface area contributed by atoms with E-state index in [1.54, 1.807) is 0 Å². The van der Waals surface area contributed by atoms with E-state index in [9.17, 15) is 5.11 Å². The zero-order valence-corrected chi connectivity index (χ0v) is 30.3. The van der Waals surface area contributed by atoms with E-state index >= 15 is 0 Å². The summed E-state index contributed by atoms with van der Waals surface area (Å²) < 4.78 is 2.13. The first-order valence-corrected chi connectivity index (χ1v) is 20.3. The van der Waals surface area contributed by atoms with Gasteiger partial charge >= 0.3 is 0 Å². The summed E-state index contributed by atoms with van der Waals surface area (Å²) in [6.45, 7) is 15.8. The van der Waals surface area contributed by atoms with E-state index in [4.69, 9.17) is 9.97 Å². The monoisotopic (exact) mass is 658 g/mol. The SMILES string of the molecule is Cc1cc(-c2nc3c(-c4cc(-c5cc(-c6ccccc6)c([Si](C)(C)C)cn5)cc(C(C)(C)C)c4)cccc3n2-c2ccccc2)c(O)cn1. The first-order valence-electron chi connectivity index (χ1n) is 16.8. The minimum atomic E-state index is -1.68. The number of para-hydroxylation sites is 2. The quantitative estimate of drug-likeness (QED) is 0.181. The Labute approximate surface area is 290 Å². The summed E-state index contributed by atoms with van der Waals surface area (Å²) in [6.07, 6.45) is 3.62. The van der Waals surface area contributed by atoms with Crippen molar-refractivity contribution < 1.29 is 5.11 Å². The maximum absolute atomic E-state index is 11.0. The van der Waals surface area contributed by atoms with Crippen molar-refractivity contribution >= 4 is 24.3 Å². The Morgan fingerprint density at radius 1 is 0.653 bits per heavy atom. The predicted octanol–water partition coefficient (Wildman–Crippen LogP) is 10.3. The average Bonchev–Trinajstić information content (AvgIpc) is 3.48. The molecule has 49 heavy (non-hydrogen) atoms. The van der Waals surface area contributed by atoms with E-state index in [0.717, 1.165) is 44.8 Å². The average molecular weight is 659 g/mol. The number of hydrogen-bond donors (Lipinski definition) is 1. The minimum absolute atomic E-state index is 0.0960. The molecule has 244 valence electrons. The van der Waals surface area contributed by atoms with Gasteiger partial charge in [-0.15, -0.1) is 0 Å². The maximum Gasteiger partial charge on any atom is 0.149 e. The van der Waals surface area contributed by atoms with Crippen LogP contribution in [0.15, 0.2) is 122 Å². The number of hydrogen-bond acceptors (Lipinski definition) is 4. The molecule has 1 N–H and O–H groups in total. The van der Waals surface area contributed by atoms with Crippen LogP contribution in [0.25, 0.3) is 61.6 Å². The van der Waals surface area contributed by atoms with E-state index in [1.165, 1.54) is 28.1 Å². The van der Waals surface area contributed by atoms with Gasteiger partial charge in [0.1, 0.15) is 11.6 Å². The Morgan fingerprint density at radius 3 is 2.04 bits per heavy atom. The van der Waals surface area contributed by atoms with Gasteiger partial charge in [-0.1, -0.05) is 107 Å². The molecule has 4 aromatic carbocycles. The molecular weight excluding hydrogens is 617 g/mol. The third kappa shape index (κ3) is 6.20. The normalized spacial score (nSPS) is 12.1. The van der Waals surface area contributed by atoms with Crippen LogP contribution >= 0.6 is 0 Å². The molecule has 0 saturated carbocycles. The molecule has 0 bridgehead atoms. The lowest BCUT2D eigenvalue weighted by atomic mass is 9.83. The molecule has 0 saturated heterocycles. The molecule has 3 aromatic heterocycles. The van der Waals surface area contributed by atoms with Crippen LogP contribution in [0.1, 0.15) is 32.0 Å². The van der Waals surface area contributed by atoms with Gasteiger partial charge in [0.05, 0.1) is 36.6 Å². The Balaban J connectivity index is 1.48. The molecule has 0 fully saturated rings. The molecule has 0 aliphatic carbocycles. The van der Waals surface area contributed by atoms with Crippen molar-refractivity contribution in [1.29, 1.82) is 0 Å². The molecule has 0 atom stereocenters. The van der Waals surface area contributed by atoms with Crippen LogP contribution in [0.3, 0.4) is 0 Å². The highest BCUT2D eigenvalue weighted by Crippen LogP contribution is 2.40. The van der Waals surface area contributed by atoms with Crippen molar-refractivity contribution in [3.63, 3.8) is 0 Å². The number of aromatic hydroxyl groups is 1. The number of benzene rings is 4. The van der Waals surface area contributed by atoms with Gasteiger partial charge in [0.25, 0.3) is 0 Å². The zero-order valence-electron chi connectivity index (χ0n) is 29.3. The fraction of sp³-hybridized carbons (Fsp3) is 0.186. The first kappa shape index (κ1) is 32.2. The third-order valence-electron chi connectivity index (χ3n) is 9.16. The maximum atomic E-state index is 11.0. The predicted molar refractivity (Wildman–Crippen MR) is 206 cm³/mol. The number of aryl methyl sites for hydroxylation is 1. The molecule has 6 heteroatoms. The van der Waals surface area contributed by atoms with E-state index < -0.39 is 8.07 Å². The van der Waals surface area contributed by atoms with Gasteiger partial charge in [-0.25, -0.2) is 4.98 Å². The second-order valence-corrected chi connectivity index (χ2v) is 19.9. The molecule has 3 heterocycles. The summed E-state index contributed by atoms with van der Waals surface area (Å²) in [6, 6.07) is 38.2. The second kappa shape index (κ2) is 12.3. The van der Waals surface area contributed by atoms with Crippen molar-refractivity contribution in [2.45, 2.75) is 52.8 Å². The summed E-state index contributed by atoms with van der Waals surface area (Å²) in [4.78, 5) is 14.7. The Bertz CT molecular complexity index is 2310. The lowest BCUT2D eigenvalue weighted by Crippen LogP contribution is -2.39. The fourth-order valence-electron chi connectivity index (χ4n) is 6.51. The van der Waals surface area contributed by atoms with Gasteiger partial charge in [-0.05, 0) is 82.2 Å². The number of fused-ring (bicyclic) bond motifs is 1. The highest BCUT2D eigenvalue weighted by atomic mass is 28.3. The largest absolute Gasteiger partial charge is 0.506 e. The third-order valence-corrected chi connectivity index (χ3v) is 11.2. The van der Waals surface area contributed by atoms with Gasteiger partial charge in [0, 0.05) is 28.7 Å². The summed E-state index contributed by atoms with van der Waals surface area (Å²) in [5.74, 6) is 0.763. The van der Waals surface area contributed by atoms with Crippen molar-refractivity contribution in [3.8, 4) is 56.3 Å². The van der Waals surface area contributed by atoms with E-state index in [-0.39, 0.29) is 11.2 Å². The van der Waals surface area contributed by atoms with Gasteiger partial charge in [-0.2, -0.15) is 0 Å². The molecule has 0 radical (unpaired) electrons. The summed E-state index contributed by atoms with van der Waals surface area (Å²) >= 11 is 0. The molecule has 0 spiro atoms. The lowest BCUT2D eigenvalue weighted by Gasteiger charge is -2.23. The molecule has 0 amide bonds. The van der Waals surface area contributed by atoms with Crippen LogP contribution in [0.5, 0.6) is 5.75 Å². The van der Waals surface area contributed by atoms with Gasteiger partial charge < -0.3 is 5.11 Å². The molecule has 0 aliphatic heterocycles. The number of imidazole rings is 1. The number of nitrogens with zero attached hydrogens (tertiary/aromatic N) is 4. The van der Waals surface area contributed by atoms with Crippen molar-refractivity contribution in [2.75, 3.05) is 0 Å². The highest BCUT2D eigenvalue weighted by Gasteiger charge is 2.25. The van der Waals surface area contributed by atoms with E-state index in [0.29, 0.717) is 11.4 Å². The topological polar surface area (TPSA) is 63.8 Å². The van der Waals surface area contributed by atoms with Crippen LogP contribution in [0.2, 0.25) is 19.6 Å². The summed E-state index contributed by atoms with van der Waals surface area (Å²) in [5.41, 5.74) is 12.0. The second-order valence-electron chi connectivity index (χ2n) is 14.9. The zero-order chi connectivity index (χ0) is 34.5. The standard InChI is InChI=1S/C43H42N4OSi/c1-28-21-36(39(48)26-44-28)42-46-41-34(19-14-20-38(41)47(42)33-17-12-9-13-18-33)30-22-31(24-32(23-30)43(2,3)4)37-25-35(29-15-10-8-11-16-29)40(27-45-37)49(5,6)7/h8-27,48H,1-7H3. The molecule has 0 unspecified atom stereocenters. The Hall–Kier alpha value is -5.33. The highest BCUT2D eigenvalue weighted by molar-refractivity contribution is 6.89. The summed E-state index contributed by atoms with van der Waals surface area (Å²) in [5, 5.41) is 12.4. The van der Waals surface area contributed by atoms with Crippen LogP contribution in [-0.4, -0.2) is 32.7 Å². The van der Waals surface area contributed by atoms with Crippen LogP contribution in [0.4, 0.5) is 0 Å². The lowest BCUT2D eigenvalue weighted by molar-refractivity contribution is 0.474. The number of rotatable bonds is 6. The first-order chi connectivity index (χ1) is 23.4. The number of pyridine rings is 2. The summed E-state index contributed by atoms with van der Waals surface area (Å²) in [7, 11) is -1.68. The van der Waals surface area contributed by atoms with Crippen LogP contribution in [0, 0.1) is 6.92 Å². The number of aromatic nitrogens is 4. The molecule has 0 aliphatic rings.